The maximum absolute atomic E-state index is 11.9. The number of benzene rings is 1. The Labute approximate surface area is 156 Å². The SMILES string of the molecule is CCN(CCCN1CCOCC1)[C@H](C(=O)O)c1ccc(OC(C)C)cc1. The van der Waals surface area contributed by atoms with Gasteiger partial charge in [-0.1, -0.05) is 19.1 Å². The Hall–Kier alpha value is -1.63. The van der Waals surface area contributed by atoms with Crippen LogP contribution < -0.4 is 4.74 Å². The highest BCUT2D eigenvalue weighted by atomic mass is 16.5. The van der Waals surface area contributed by atoms with Gasteiger partial charge in [-0.3, -0.25) is 14.6 Å². The van der Waals surface area contributed by atoms with Gasteiger partial charge >= 0.3 is 5.97 Å². The van der Waals surface area contributed by atoms with E-state index < -0.39 is 12.0 Å². The number of carboxylic acid groups (broad SMARTS) is 1. The maximum atomic E-state index is 11.9. The molecule has 1 aromatic rings. The predicted octanol–water partition coefficient (Wildman–Crippen LogP) is 2.64. The van der Waals surface area contributed by atoms with E-state index in [2.05, 4.69) is 4.90 Å². The average Bonchev–Trinajstić information content (AvgIpc) is 2.62. The number of morpholine rings is 1. The first kappa shape index (κ1) is 20.7. The molecule has 1 aliphatic rings. The quantitative estimate of drug-likeness (QED) is 0.689. The van der Waals surface area contributed by atoms with E-state index in [0.29, 0.717) is 6.54 Å². The van der Waals surface area contributed by atoms with Crippen molar-refractivity contribution in [2.45, 2.75) is 39.3 Å². The van der Waals surface area contributed by atoms with Gasteiger partial charge in [0.25, 0.3) is 0 Å². The van der Waals surface area contributed by atoms with Gasteiger partial charge in [0, 0.05) is 19.6 Å². The zero-order chi connectivity index (χ0) is 18.9. The Balaban J connectivity index is 1.97. The molecule has 1 aliphatic heterocycles. The summed E-state index contributed by atoms with van der Waals surface area (Å²) in [6.45, 7) is 11.9. The van der Waals surface area contributed by atoms with Crippen molar-refractivity contribution in [3.8, 4) is 5.75 Å². The molecule has 1 aromatic carbocycles. The van der Waals surface area contributed by atoms with Crippen LogP contribution in [0.25, 0.3) is 0 Å². The molecular formula is C20H32N2O4. The average molecular weight is 364 g/mol. The monoisotopic (exact) mass is 364 g/mol. The first-order valence-corrected chi connectivity index (χ1v) is 9.54. The molecule has 0 bridgehead atoms. The molecule has 6 heteroatoms. The first-order valence-electron chi connectivity index (χ1n) is 9.54. The van der Waals surface area contributed by atoms with E-state index in [-0.39, 0.29) is 6.10 Å². The summed E-state index contributed by atoms with van der Waals surface area (Å²) in [5.41, 5.74) is 0.793. The van der Waals surface area contributed by atoms with E-state index in [1.165, 1.54) is 0 Å². The molecule has 0 spiro atoms. The van der Waals surface area contributed by atoms with Gasteiger partial charge in [0.2, 0.25) is 0 Å². The molecule has 2 rings (SSSR count). The van der Waals surface area contributed by atoms with E-state index in [0.717, 1.165) is 57.1 Å². The number of carbonyl (C=O) groups is 1. The van der Waals surface area contributed by atoms with Crippen LogP contribution in [-0.4, -0.2) is 72.9 Å². The van der Waals surface area contributed by atoms with Crippen LogP contribution in [0.15, 0.2) is 24.3 Å². The maximum Gasteiger partial charge on any atom is 0.325 e. The van der Waals surface area contributed by atoms with E-state index in [9.17, 15) is 9.90 Å². The molecule has 0 radical (unpaired) electrons. The van der Waals surface area contributed by atoms with Gasteiger partial charge < -0.3 is 14.6 Å². The van der Waals surface area contributed by atoms with Gasteiger partial charge in [-0.2, -0.15) is 0 Å². The smallest absolute Gasteiger partial charge is 0.325 e. The minimum absolute atomic E-state index is 0.100. The van der Waals surface area contributed by atoms with E-state index in [1.807, 2.05) is 49.9 Å². The third-order valence-electron chi connectivity index (χ3n) is 4.60. The van der Waals surface area contributed by atoms with Crippen molar-refractivity contribution in [2.75, 3.05) is 45.9 Å². The molecule has 1 N–H and O–H groups in total. The van der Waals surface area contributed by atoms with E-state index >= 15 is 0 Å². The molecule has 6 nitrogen and oxygen atoms in total. The summed E-state index contributed by atoms with van der Waals surface area (Å²) in [6.07, 6.45) is 1.05. The number of hydrogen-bond acceptors (Lipinski definition) is 5. The summed E-state index contributed by atoms with van der Waals surface area (Å²) < 4.78 is 11.0. The summed E-state index contributed by atoms with van der Waals surface area (Å²) in [6, 6.07) is 6.81. The molecule has 146 valence electrons. The largest absolute Gasteiger partial charge is 0.491 e. The van der Waals surface area contributed by atoms with Crippen LogP contribution in [0.5, 0.6) is 5.75 Å². The van der Waals surface area contributed by atoms with Crippen molar-refractivity contribution in [3.63, 3.8) is 0 Å². The van der Waals surface area contributed by atoms with Crippen LogP contribution in [-0.2, 0) is 9.53 Å². The third kappa shape index (κ3) is 6.27. The molecule has 1 fully saturated rings. The lowest BCUT2D eigenvalue weighted by Crippen LogP contribution is -2.39. The van der Waals surface area contributed by atoms with Gasteiger partial charge in [0.05, 0.1) is 19.3 Å². The van der Waals surface area contributed by atoms with Crippen LogP contribution in [0.1, 0.15) is 38.8 Å². The van der Waals surface area contributed by atoms with Crippen LogP contribution >= 0.6 is 0 Å². The van der Waals surface area contributed by atoms with Gasteiger partial charge in [-0.25, -0.2) is 0 Å². The summed E-state index contributed by atoms with van der Waals surface area (Å²) in [4.78, 5) is 16.3. The number of ether oxygens (including phenoxy) is 2. The Kier molecular flexibility index (Phi) is 8.35. The number of carboxylic acids is 1. The highest BCUT2D eigenvalue weighted by Gasteiger charge is 2.26. The lowest BCUT2D eigenvalue weighted by atomic mass is 10.0. The molecule has 0 amide bonds. The predicted molar refractivity (Wildman–Crippen MR) is 102 cm³/mol. The Morgan fingerprint density at radius 1 is 1.27 bits per heavy atom. The van der Waals surface area contributed by atoms with Crippen LogP contribution in [0.3, 0.4) is 0 Å². The van der Waals surface area contributed by atoms with Crippen molar-refractivity contribution in [2.24, 2.45) is 0 Å². The first-order chi connectivity index (χ1) is 12.5. The molecule has 26 heavy (non-hydrogen) atoms. The second-order valence-electron chi connectivity index (χ2n) is 6.91. The highest BCUT2D eigenvalue weighted by Crippen LogP contribution is 2.24. The summed E-state index contributed by atoms with van der Waals surface area (Å²) in [5, 5.41) is 9.79. The summed E-state index contributed by atoms with van der Waals surface area (Å²) in [5.74, 6) is -0.0426. The van der Waals surface area contributed by atoms with Crippen LogP contribution in [0.2, 0.25) is 0 Å². The summed E-state index contributed by atoms with van der Waals surface area (Å²) >= 11 is 0. The zero-order valence-electron chi connectivity index (χ0n) is 16.2. The van der Waals surface area contributed by atoms with E-state index in [4.69, 9.17) is 9.47 Å². The topological polar surface area (TPSA) is 62.2 Å². The van der Waals surface area contributed by atoms with Crippen molar-refractivity contribution < 1.29 is 19.4 Å². The van der Waals surface area contributed by atoms with Crippen LogP contribution in [0.4, 0.5) is 0 Å². The van der Waals surface area contributed by atoms with E-state index in [1.54, 1.807) is 0 Å². The molecule has 1 atom stereocenters. The summed E-state index contributed by atoms with van der Waals surface area (Å²) in [7, 11) is 0. The number of likely N-dealkylation sites (N-methyl/N-ethyl adjacent to an activating group) is 1. The molecule has 1 heterocycles. The van der Waals surface area contributed by atoms with Crippen LogP contribution in [0, 0.1) is 0 Å². The fraction of sp³-hybridized carbons (Fsp3) is 0.650. The lowest BCUT2D eigenvalue weighted by Gasteiger charge is -2.30. The van der Waals surface area contributed by atoms with Gasteiger partial charge in [0.1, 0.15) is 11.8 Å². The Bertz CT molecular complexity index is 541. The normalized spacial score (nSPS) is 16.8. The molecule has 1 saturated heterocycles. The minimum Gasteiger partial charge on any atom is -0.491 e. The number of nitrogens with zero attached hydrogens (tertiary/aromatic N) is 2. The standard InChI is InChI=1S/C20H32N2O4/c1-4-22(11-5-10-21-12-14-25-15-13-21)19(20(23)24)17-6-8-18(9-7-17)26-16(2)3/h6-9,16,19H,4-5,10-15H2,1-3H3,(H,23,24)/t19-/m0/s1. The minimum atomic E-state index is -0.809. The van der Waals surface area contributed by atoms with Gasteiger partial charge in [0.15, 0.2) is 0 Å². The second-order valence-corrected chi connectivity index (χ2v) is 6.91. The number of hydrogen-bond donors (Lipinski definition) is 1. The van der Waals surface area contributed by atoms with Crippen molar-refractivity contribution in [3.05, 3.63) is 29.8 Å². The Morgan fingerprint density at radius 3 is 2.46 bits per heavy atom. The fourth-order valence-electron chi connectivity index (χ4n) is 3.30. The number of rotatable bonds is 10. The van der Waals surface area contributed by atoms with Gasteiger partial charge in [-0.05, 0) is 51.1 Å². The molecular weight excluding hydrogens is 332 g/mol. The van der Waals surface area contributed by atoms with Crippen molar-refractivity contribution in [1.82, 2.24) is 9.80 Å². The molecule has 0 aliphatic carbocycles. The zero-order valence-corrected chi connectivity index (χ0v) is 16.2. The highest BCUT2D eigenvalue weighted by molar-refractivity contribution is 5.75. The lowest BCUT2D eigenvalue weighted by molar-refractivity contribution is -0.143. The number of aliphatic carboxylic acids is 1. The third-order valence-corrected chi connectivity index (χ3v) is 4.60. The fourth-order valence-corrected chi connectivity index (χ4v) is 3.30. The molecule has 0 saturated carbocycles. The van der Waals surface area contributed by atoms with Crippen molar-refractivity contribution in [1.29, 1.82) is 0 Å². The Morgan fingerprint density at radius 2 is 1.92 bits per heavy atom. The van der Waals surface area contributed by atoms with Gasteiger partial charge in [-0.15, -0.1) is 0 Å². The molecule has 0 unspecified atom stereocenters. The second kappa shape index (κ2) is 10.5. The van der Waals surface area contributed by atoms with Crippen molar-refractivity contribution >= 4 is 5.97 Å². The molecule has 0 aromatic heterocycles.